The molecule has 0 aliphatic rings. The van der Waals surface area contributed by atoms with E-state index >= 15 is 0 Å². The highest BCUT2D eigenvalue weighted by Gasteiger charge is 1.98. The molecular formula is C7H14O3S. The Morgan fingerprint density at radius 2 is 2.18 bits per heavy atom. The van der Waals surface area contributed by atoms with Crippen LogP contribution in [-0.2, 0) is 4.79 Å². The van der Waals surface area contributed by atoms with Gasteiger partial charge in [0.2, 0.25) is 0 Å². The summed E-state index contributed by atoms with van der Waals surface area (Å²) in [6, 6.07) is 0. The molecule has 0 saturated heterocycles. The summed E-state index contributed by atoms with van der Waals surface area (Å²) in [4.78, 5) is 10.0. The first kappa shape index (κ1) is 10.8. The van der Waals surface area contributed by atoms with Gasteiger partial charge in [-0.05, 0) is 19.1 Å². The number of hydrogen-bond donors (Lipinski definition) is 2. The van der Waals surface area contributed by atoms with Crippen LogP contribution in [0.25, 0.3) is 0 Å². The minimum atomic E-state index is -0.755. The third kappa shape index (κ3) is 9.78. The summed E-state index contributed by atoms with van der Waals surface area (Å²) < 4.78 is 0. The van der Waals surface area contributed by atoms with E-state index in [0.29, 0.717) is 5.75 Å². The lowest BCUT2D eigenvalue weighted by Gasteiger charge is -2.01. The second-order valence-corrected chi connectivity index (χ2v) is 3.62. The minimum absolute atomic E-state index is 0.213. The van der Waals surface area contributed by atoms with Crippen molar-refractivity contribution >= 4 is 17.7 Å². The molecule has 0 aromatic carbocycles. The normalized spacial score (nSPS) is 12.9. The molecule has 0 bridgehead atoms. The van der Waals surface area contributed by atoms with Crippen LogP contribution < -0.4 is 0 Å². The first-order valence-corrected chi connectivity index (χ1v) is 4.76. The van der Waals surface area contributed by atoms with Gasteiger partial charge in [0.25, 0.3) is 0 Å². The fraction of sp³-hybridized carbons (Fsp3) is 0.857. The summed E-state index contributed by atoms with van der Waals surface area (Å²) >= 11 is 1.57. The molecule has 0 heterocycles. The van der Waals surface area contributed by atoms with Crippen LogP contribution in [0.1, 0.15) is 19.8 Å². The lowest BCUT2D eigenvalue weighted by atomic mass is 10.3. The Labute approximate surface area is 70.8 Å². The number of rotatable bonds is 6. The summed E-state index contributed by atoms with van der Waals surface area (Å²) in [5.74, 6) is 0.724. The lowest BCUT2D eigenvalue weighted by molar-refractivity contribution is -0.136. The fourth-order valence-corrected chi connectivity index (χ4v) is 1.55. The van der Waals surface area contributed by atoms with E-state index in [4.69, 9.17) is 10.2 Å². The molecule has 66 valence electrons. The number of aliphatic hydroxyl groups is 1. The van der Waals surface area contributed by atoms with Gasteiger partial charge >= 0.3 is 5.97 Å². The molecule has 0 fully saturated rings. The molecule has 0 amide bonds. The number of carboxylic acid groups (broad SMARTS) is 1. The van der Waals surface area contributed by atoms with Crippen LogP contribution in [0.5, 0.6) is 0 Å². The van der Waals surface area contributed by atoms with Crippen LogP contribution in [0.15, 0.2) is 0 Å². The zero-order valence-corrected chi connectivity index (χ0v) is 7.43. The number of aliphatic carboxylic acids is 1. The Bertz CT molecular complexity index is 114. The van der Waals surface area contributed by atoms with Crippen LogP contribution in [-0.4, -0.2) is 33.8 Å². The van der Waals surface area contributed by atoms with Gasteiger partial charge in [0.05, 0.1) is 12.5 Å². The third-order valence-corrected chi connectivity index (χ3v) is 2.16. The van der Waals surface area contributed by atoms with Crippen molar-refractivity contribution in [2.45, 2.75) is 25.9 Å². The van der Waals surface area contributed by atoms with E-state index in [1.165, 1.54) is 0 Å². The smallest absolute Gasteiger partial charge is 0.304 e. The monoisotopic (exact) mass is 178 g/mol. The summed E-state index contributed by atoms with van der Waals surface area (Å²) in [7, 11) is 0. The first-order valence-electron chi connectivity index (χ1n) is 3.60. The maximum atomic E-state index is 10.0. The van der Waals surface area contributed by atoms with E-state index in [9.17, 15) is 4.79 Å². The molecule has 4 heteroatoms. The molecule has 0 radical (unpaired) electrons. The molecule has 3 nitrogen and oxygen atoms in total. The van der Waals surface area contributed by atoms with Gasteiger partial charge in [0.1, 0.15) is 0 Å². The summed E-state index contributed by atoms with van der Waals surface area (Å²) in [6.45, 7) is 1.73. The third-order valence-electron chi connectivity index (χ3n) is 1.14. The van der Waals surface area contributed by atoms with Crippen molar-refractivity contribution in [3.8, 4) is 0 Å². The van der Waals surface area contributed by atoms with Crippen molar-refractivity contribution in [1.82, 2.24) is 0 Å². The van der Waals surface area contributed by atoms with E-state index in [2.05, 4.69) is 0 Å². The zero-order valence-electron chi connectivity index (χ0n) is 6.62. The van der Waals surface area contributed by atoms with Crippen LogP contribution in [0, 0.1) is 0 Å². The molecule has 2 N–H and O–H groups in total. The number of thioether (sulfide) groups is 1. The molecule has 0 rings (SSSR count). The molecule has 0 aromatic heterocycles. The van der Waals surface area contributed by atoms with Crippen LogP contribution in [0.3, 0.4) is 0 Å². The van der Waals surface area contributed by atoms with Crippen molar-refractivity contribution in [2.75, 3.05) is 11.5 Å². The molecule has 1 unspecified atom stereocenters. The largest absolute Gasteiger partial charge is 0.481 e. The molecular weight excluding hydrogens is 164 g/mol. The van der Waals surface area contributed by atoms with E-state index in [1.807, 2.05) is 0 Å². The molecule has 0 spiro atoms. The van der Waals surface area contributed by atoms with E-state index in [1.54, 1.807) is 18.7 Å². The van der Waals surface area contributed by atoms with Gasteiger partial charge in [-0.2, -0.15) is 11.8 Å². The molecule has 0 saturated carbocycles. The predicted molar refractivity (Wildman–Crippen MR) is 45.9 cm³/mol. The maximum absolute atomic E-state index is 10.0. The predicted octanol–water partition coefficient (Wildman–Crippen LogP) is 0.965. The SMILES string of the molecule is CC(O)CCSCCC(=O)O. The van der Waals surface area contributed by atoms with Gasteiger partial charge in [-0.15, -0.1) is 0 Å². The van der Waals surface area contributed by atoms with Gasteiger partial charge in [-0.3, -0.25) is 4.79 Å². The highest BCUT2D eigenvalue weighted by molar-refractivity contribution is 7.99. The lowest BCUT2D eigenvalue weighted by Crippen LogP contribution is -2.02. The molecule has 0 aromatic rings. The van der Waals surface area contributed by atoms with E-state index in [0.717, 1.165) is 12.2 Å². The van der Waals surface area contributed by atoms with Crippen molar-refractivity contribution in [3.05, 3.63) is 0 Å². The van der Waals surface area contributed by atoms with Crippen molar-refractivity contribution < 1.29 is 15.0 Å². The van der Waals surface area contributed by atoms with Gasteiger partial charge < -0.3 is 10.2 Å². The van der Waals surface area contributed by atoms with Crippen LogP contribution in [0.2, 0.25) is 0 Å². The topological polar surface area (TPSA) is 57.5 Å². The van der Waals surface area contributed by atoms with Crippen LogP contribution >= 0.6 is 11.8 Å². The maximum Gasteiger partial charge on any atom is 0.304 e. The van der Waals surface area contributed by atoms with Crippen molar-refractivity contribution in [1.29, 1.82) is 0 Å². The summed E-state index contributed by atoms with van der Waals surface area (Å²) in [5.41, 5.74) is 0. The summed E-state index contributed by atoms with van der Waals surface area (Å²) in [6.07, 6.45) is 0.682. The number of carbonyl (C=O) groups is 1. The highest BCUT2D eigenvalue weighted by Crippen LogP contribution is 2.05. The standard InChI is InChI=1S/C7H14O3S/c1-6(8)2-4-11-5-3-7(9)10/h6,8H,2-5H2,1H3,(H,9,10). The van der Waals surface area contributed by atoms with Crippen molar-refractivity contribution in [3.63, 3.8) is 0 Å². The fourth-order valence-electron chi connectivity index (χ4n) is 0.515. The van der Waals surface area contributed by atoms with Gasteiger partial charge in [0.15, 0.2) is 0 Å². The Morgan fingerprint density at radius 1 is 1.55 bits per heavy atom. The number of aliphatic hydroxyl groups excluding tert-OH is 1. The Hall–Kier alpha value is -0.220. The molecule has 0 aliphatic carbocycles. The first-order chi connectivity index (χ1) is 5.13. The molecule has 1 atom stereocenters. The zero-order chi connectivity index (χ0) is 8.69. The summed E-state index contributed by atoms with van der Waals surface area (Å²) in [5, 5.41) is 17.1. The number of hydrogen-bond acceptors (Lipinski definition) is 3. The van der Waals surface area contributed by atoms with E-state index < -0.39 is 5.97 Å². The minimum Gasteiger partial charge on any atom is -0.481 e. The average molecular weight is 178 g/mol. The van der Waals surface area contributed by atoms with Crippen LogP contribution in [0.4, 0.5) is 0 Å². The number of carboxylic acids is 1. The Morgan fingerprint density at radius 3 is 2.64 bits per heavy atom. The highest BCUT2D eigenvalue weighted by atomic mass is 32.2. The van der Waals surface area contributed by atoms with E-state index in [-0.39, 0.29) is 12.5 Å². The molecule has 11 heavy (non-hydrogen) atoms. The Balaban J connectivity index is 2.97. The average Bonchev–Trinajstić information content (AvgIpc) is 1.85. The quantitative estimate of drug-likeness (QED) is 0.595. The van der Waals surface area contributed by atoms with Gasteiger partial charge in [0, 0.05) is 5.75 Å². The Kier molecular flexibility index (Phi) is 6.36. The molecule has 0 aliphatic heterocycles. The second-order valence-electron chi connectivity index (χ2n) is 2.39. The van der Waals surface area contributed by atoms with Crippen molar-refractivity contribution in [2.24, 2.45) is 0 Å². The van der Waals surface area contributed by atoms with Gasteiger partial charge in [-0.25, -0.2) is 0 Å². The van der Waals surface area contributed by atoms with Gasteiger partial charge in [-0.1, -0.05) is 0 Å². The second kappa shape index (κ2) is 6.49.